The predicted molar refractivity (Wildman–Crippen MR) is 71.3 cm³/mol. The van der Waals surface area contributed by atoms with Crippen LogP contribution in [0.1, 0.15) is 45.4 Å². The maximum Gasteiger partial charge on any atom is 0.0494 e. The first-order valence-corrected chi connectivity index (χ1v) is 7.38. The minimum Gasteiger partial charge on any atom is -0.381 e. The van der Waals surface area contributed by atoms with Gasteiger partial charge >= 0.3 is 0 Å². The molecule has 1 heterocycles. The molecule has 1 saturated heterocycles. The highest BCUT2D eigenvalue weighted by Gasteiger charge is 2.30. The second kappa shape index (κ2) is 6.72. The Morgan fingerprint density at radius 1 is 1.41 bits per heavy atom. The third kappa shape index (κ3) is 4.57. The van der Waals surface area contributed by atoms with Gasteiger partial charge in [0, 0.05) is 25.3 Å². The molecule has 3 nitrogen and oxygen atoms in total. The van der Waals surface area contributed by atoms with Crippen LogP contribution >= 0.6 is 0 Å². The van der Waals surface area contributed by atoms with E-state index >= 15 is 0 Å². The summed E-state index contributed by atoms with van der Waals surface area (Å²) in [5.74, 6) is 0.897. The highest BCUT2D eigenvalue weighted by molar-refractivity contribution is 4.93. The molecule has 1 aliphatic carbocycles. The Labute approximate surface area is 106 Å². The fraction of sp³-hybridized carbons (Fsp3) is 1.00. The van der Waals surface area contributed by atoms with Gasteiger partial charge in [0.2, 0.25) is 0 Å². The number of hydrogen-bond acceptors (Lipinski definition) is 3. The predicted octanol–water partition coefficient (Wildman–Crippen LogP) is 1.92. The molecule has 1 saturated carbocycles. The van der Waals surface area contributed by atoms with Crippen molar-refractivity contribution in [3.63, 3.8) is 0 Å². The van der Waals surface area contributed by atoms with E-state index in [-0.39, 0.29) is 0 Å². The van der Waals surface area contributed by atoms with Gasteiger partial charge in [-0.1, -0.05) is 6.92 Å². The molecule has 2 rings (SSSR count). The minimum absolute atomic E-state index is 0.384. The first kappa shape index (κ1) is 13.3. The molecule has 0 bridgehead atoms. The monoisotopic (exact) mass is 240 g/mol. The van der Waals surface area contributed by atoms with Gasteiger partial charge in [-0.2, -0.15) is 0 Å². The van der Waals surface area contributed by atoms with E-state index in [1.54, 1.807) is 0 Å². The Balaban J connectivity index is 1.44. The Hall–Kier alpha value is -0.120. The lowest BCUT2D eigenvalue weighted by Gasteiger charge is -2.28. The van der Waals surface area contributed by atoms with E-state index in [9.17, 15) is 0 Å². The Bertz CT molecular complexity index is 210. The summed E-state index contributed by atoms with van der Waals surface area (Å²) in [6.07, 6.45) is 7.82. The third-order valence-electron chi connectivity index (χ3n) is 4.16. The van der Waals surface area contributed by atoms with Crippen LogP contribution < -0.4 is 10.6 Å². The van der Waals surface area contributed by atoms with E-state index in [2.05, 4.69) is 17.6 Å². The Morgan fingerprint density at radius 3 is 2.94 bits per heavy atom. The van der Waals surface area contributed by atoms with E-state index in [0.717, 1.165) is 38.6 Å². The summed E-state index contributed by atoms with van der Waals surface area (Å²) in [6.45, 7) is 7.62. The van der Waals surface area contributed by atoms with Crippen LogP contribution in [-0.2, 0) is 4.74 Å². The Morgan fingerprint density at radius 2 is 2.29 bits per heavy atom. The zero-order chi connectivity index (χ0) is 12.0. The van der Waals surface area contributed by atoms with E-state index in [0.29, 0.717) is 5.54 Å². The average Bonchev–Trinajstić information content (AvgIpc) is 3.06. The summed E-state index contributed by atoms with van der Waals surface area (Å²) >= 11 is 0. The maximum absolute atomic E-state index is 5.63. The summed E-state index contributed by atoms with van der Waals surface area (Å²) in [5.41, 5.74) is 0.384. The van der Waals surface area contributed by atoms with Gasteiger partial charge in [-0.3, -0.25) is 0 Å². The summed E-state index contributed by atoms with van der Waals surface area (Å²) in [7, 11) is 0. The molecule has 0 aromatic rings. The van der Waals surface area contributed by atoms with Crippen LogP contribution in [0.3, 0.4) is 0 Å². The van der Waals surface area contributed by atoms with Crippen LogP contribution in [0, 0.1) is 5.92 Å². The normalized spacial score (nSPS) is 28.8. The van der Waals surface area contributed by atoms with E-state index in [1.165, 1.54) is 38.6 Å². The summed E-state index contributed by atoms with van der Waals surface area (Å²) in [6, 6.07) is 0. The molecule has 2 fully saturated rings. The lowest BCUT2D eigenvalue weighted by Crippen LogP contribution is -2.48. The third-order valence-corrected chi connectivity index (χ3v) is 4.16. The van der Waals surface area contributed by atoms with Gasteiger partial charge in [-0.25, -0.2) is 0 Å². The van der Waals surface area contributed by atoms with Crippen molar-refractivity contribution < 1.29 is 4.74 Å². The topological polar surface area (TPSA) is 33.3 Å². The second-order valence-electron chi connectivity index (χ2n) is 5.71. The number of rotatable bonds is 9. The van der Waals surface area contributed by atoms with Crippen molar-refractivity contribution in [3.05, 3.63) is 0 Å². The van der Waals surface area contributed by atoms with Gasteiger partial charge in [0.1, 0.15) is 0 Å². The molecule has 0 aromatic heterocycles. The average molecular weight is 240 g/mol. The molecule has 17 heavy (non-hydrogen) atoms. The van der Waals surface area contributed by atoms with Crippen LogP contribution in [0.2, 0.25) is 0 Å². The van der Waals surface area contributed by atoms with Crippen LogP contribution in [0.15, 0.2) is 0 Å². The second-order valence-corrected chi connectivity index (χ2v) is 5.71. The summed E-state index contributed by atoms with van der Waals surface area (Å²) in [4.78, 5) is 0. The van der Waals surface area contributed by atoms with Gasteiger partial charge in [0.05, 0.1) is 0 Å². The van der Waals surface area contributed by atoms with Gasteiger partial charge in [0.15, 0.2) is 0 Å². The van der Waals surface area contributed by atoms with Crippen LogP contribution in [0.25, 0.3) is 0 Å². The van der Waals surface area contributed by atoms with E-state index < -0.39 is 0 Å². The Kier molecular flexibility index (Phi) is 5.26. The van der Waals surface area contributed by atoms with Gasteiger partial charge < -0.3 is 15.4 Å². The van der Waals surface area contributed by atoms with Crippen molar-refractivity contribution in [1.82, 2.24) is 10.6 Å². The molecule has 0 radical (unpaired) electrons. The van der Waals surface area contributed by atoms with Gasteiger partial charge in [0.25, 0.3) is 0 Å². The maximum atomic E-state index is 5.63. The highest BCUT2D eigenvalue weighted by Crippen LogP contribution is 2.28. The molecule has 2 aliphatic rings. The highest BCUT2D eigenvalue weighted by atomic mass is 16.5. The zero-order valence-corrected chi connectivity index (χ0v) is 11.3. The van der Waals surface area contributed by atoms with E-state index in [4.69, 9.17) is 4.74 Å². The molecule has 100 valence electrons. The van der Waals surface area contributed by atoms with E-state index in [1.807, 2.05) is 0 Å². The van der Waals surface area contributed by atoms with Crippen molar-refractivity contribution >= 4 is 0 Å². The lowest BCUT2D eigenvalue weighted by atomic mass is 9.94. The van der Waals surface area contributed by atoms with Gasteiger partial charge in [-0.15, -0.1) is 0 Å². The van der Waals surface area contributed by atoms with Crippen LogP contribution in [0.5, 0.6) is 0 Å². The first-order valence-electron chi connectivity index (χ1n) is 7.38. The standard InChI is InChI=1S/C14H28N2O/c1-2-14(7-3-9-16-14)12-15-8-4-10-17-11-13-5-6-13/h13,15-16H,2-12H2,1H3. The molecular weight excluding hydrogens is 212 g/mol. The van der Waals surface area contributed by atoms with Crippen molar-refractivity contribution in [1.29, 1.82) is 0 Å². The molecule has 0 amide bonds. The molecule has 1 atom stereocenters. The first-order chi connectivity index (χ1) is 8.35. The molecule has 1 aliphatic heterocycles. The molecule has 1 unspecified atom stereocenters. The largest absolute Gasteiger partial charge is 0.381 e. The number of nitrogens with one attached hydrogen (secondary N) is 2. The van der Waals surface area contributed by atoms with Crippen LogP contribution in [0.4, 0.5) is 0 Å². The fourth-order valence-corrected chi connectivity index (χ4v) is 2.61. The zero-order valence-electron chi connectivity index (χ0n) is 11.3. The summed E-state index contributed by atoms with van der Waals surface area (Å²) < 4.78 is 5.63. The van der Waals surface area contributed by atoms with Crippen molar-refractivity contribution in [2.24, 2.45) is 5.92 Å². The molecule has 2 N–H and O–H groups in total. The van der Waals surface area contributed by atoms with Crippen molar-refractivity contribution in [2.75, 3.05) is 32.8 Å². The lowest BCUT2D eigenvalue weighted by molar-refractivity contribution is 0.121. The minimum atomic E-state index is 0.384. The smallest absolute Gasteiger partial charge is 0.0494 e. The summed E-state index contributed by atoms with van der Waals surface area (Å²) in [5, 5.41) is 7.23. The molecule has 3 heteroatoms. The molecular formula is C14H28N2O. The van der Waals surface area contributed by atoms with Crippen LogP contribution in [-0.4, -0.2) is 38.4 Å². The van der Waals surface area contributed by atoms with Crippen molar-refractivity contribution in [3.8, 4) is 0 Å². The van der Waals surface area contributed by atoms with Gasteiger partial charge in [-0.05, 0) is 57.5 Å². The number of ether oxygens (including phenoxy) is 1. The number of hydrogen-bond donors (Lipinski definition) is 2. The molecule has 0 spiro atoms. The van der Waals surface area contributed by atoms with Crippen molar-refractivity contribution in [2.45, 2.75) is 51.0 Å². The molecule has 0 aromatic carbocycles. The fourth-order valence-electron chi connectivity index (χ4n) is 2.61. The quantitative estimate of drug-likeness (QED) is 0.604. The SMILES string of the molecule is CCC1(CNCCCOCC2CC2)CCCN1.